The van der Waals surface area contributed by atoms with Crippen LogP contribution < -0.4 is 10.6 Å². The minimum absolute atomic E-state index is 0.0260. The number of hydrogen-bond donors (Lipinski definition) is 2. The molecule has 0 saturated heterocycles. The lowest BCUT2D eigenvalue weighted by Gasteiger charge is -2.15. The highest BCUT2D eigenvalue weighted by Gasteiger charge is 2.19. The summed E-state index contributed by atoms with van der Waals surface area (Å²) in [6, 6.07) is 13.0. The van der Waals surface area contributed by atoms with Gasteiger partial charge >= 0.3 is 5.97 Å². The summed E-state index contributed by atoms with van der Waals surface area (Å²) in [5, 5.41) is 9.96. The molecule has 31 heavy (non-hydrogen) atoms. The zero-order valence-electron chi connectivity index (χ0n) is 17.0. The van der Waals surface area contributed by atoms with Gasteiger partial charge in [0, 0.05) is 23.7 Å². The highest BCUT2D eigenvalue weighted by atomic mass is 32.1. The second kappa shape index (κ2) is 11.4. The molecular formula is C22H23N3O4S2. The van der Waals surface area contributed by atoms with Crippen molar-refractivity contribution in [2.75, 3.05) is 0 Å². The highest BCUT2D eigenvalue weighted by molar-refractivity contribution is 7.10. The van der Waals surface area contributed by atoms with Crippen molar-refractivity contribution in [1.29, 1.82) is 0 Å². The van der Waals surface area contributed by atoms with Crippen LogP contribution in [0.5, 0.6) is 0 Å². The Bertz CT molecular complexity index is 1000. The first-order chi connectivity index (χ1) is 15.0. The summed E-state index contributed by atoms with van der Waals surface area (Å²) < 4.78 is 5.32. The number of ether oxygens (including phenoxy) is 1. The quantitative estimate of drug-likeness (QED) is 0.455. The van der Waals surface area contributed by atoms with E-state index in [9.17, 15) is 14.4 Å². The minimum atomic E-state index is -0.428. The average Bonchev–Trinajstić information content (AvgIpc) is 3.43. The summed E-state index contributed by atoms with van der Waals surface area (Å²) in [4.78, 5) is 41.1. The molecule has 0 aliphatic rings. The van der Waals surface area contributed by atoms with Gasteiger partial charge in [0.2, 0.25) is 11.8 Å². The maximum absolute atomic E-state index is 12.3. The number of carbonyl (C=O) groups excluding carboxylic acids is 3. The molecule has 1 aromatic carbocycles. The Labute approximate surface area is 188 Å². The first-order valence-electron chi connectivity index (χ1n) is 9.69. The van der Waals surface area contributed by atoms with E-state index in [1.54, 1.807) is 5.38 Å². The molecule has 0 saturated carbocycles. The number of benzene rings is 1. The van der Waals surface area contributed by atoms with E-state index in [1.165, 1.54) is 29.6 Å². The molecule has 162 valence electrons. The largest absolute Gasteiger partial charge is 0.459 e. The van der Waals surface area contributed by atoms with E-state index in [0.717, 1.165) is 10.4 Å². The summed E-state index contributed by atoms with van der Waals surface area (Å²) in [5.41, 5.74) is 1.62. The van der Waals surface area contributed by atoms with Crippen LogP contribution in [0.4, 0.5) is 0 Å². The van der Waals surface area contributed by atoms with Gasteiger partial charge in [0.15, 0.2) is 0 Å². The highest BCUT2D eigenvalue weighted by Crippen LogP contribution is 2.23. The zero-order chi connectivity index (χ0) is 22.1. The average molecular weight is 458 g/mol. The van der Waals surface area contributed by atoms with Gasteiger partial charge in [-0.15, -0.1) is 22.7 Å². The van der Waals surface area contributed by atoms with Crippen LogP contribution in [0.15, 0.2) is 53.2 Å². The molecule has 0 spiro atoms. The molecule has 2 amide bonds. The molecule has 3 aromatic rings. The van der Waals surface area contributed by atoms with Crippen LogP contribution in [0.2, 0.25) is 0 Å². The predicted molar refractivity (Wildman–Crippen MR) is 119 cm³/mol. The molecule has 7 nitrogen and oxygen atoms in total. The number of nitrogens with zero attached hydrogens (tertiary/aromatic N) is 1. The van der Waals surface area contributed by atoms with E-state index >= 15 is 0 Å². The van der Waals surface area contributed by atoms with Crippen molar-refractivity contribution in [2.45, 2.75) is 39.0 Å². The summed E-state index contributed by atoms with van der Waals surface area (Å²) in [5.74, 6) is -0.751. The molecule has 1 unspecified atom stereocenters. The molecule has 1 atom stereocenters. The van der Waals surface area contributed by atoms with Crippen molar-refractivity contribution in [1.82, 2.24) is 15.6 Å². The van der Waals surface area contributed by atoms with Crippen molar-refractivity contribution in [2.24, 2.45) is 0 Å². The Kier molecular flexibility index (Phi) is 8.31. The first kappa shape index (κ1) is 22.6. The summed E-state index contributed by atoms with van der Waals surface area (Å²) in [6.07, 6.45) is 0.216. The second-order valence-electron chi connectivity index (χ2n) is 6.81. The lowest BCUT2D eigenvalue weighted by molar-refractivity contribution is -0.145. The number of carbonyl (C=O) groups is 3. The number of thiazole rings is 1. The van der Waals surface area contributed by atoms with Gasteiger partial charge < -0.3 is 15.4 Å². The summed E-state index contributed by atoms with van der Waals surface area (Å²) in [7, 11) is 0. The summed E-state index contributed by atoms with van der Waals surface area (Å²) in [6.45, 7) is 1.91. The number of hydrogen-bond acceptors (Lipinski definition) is 7. The second-order valence-corrected chi connectivity index (χ2v) is 8.73. The van der Waals surface area contributed by atoms with E-state index in [1.807, 2.05) is 47.8 Å². The fourth-order valence-electron chi connectivity index (χ4n) is 2.83. The molecule has 9 heteroatoms. The third-order valence-corrected chi connectivity index (χ3v) is 6.14. The molecule has 2 heterocycles. The SMILES string of the molecule is CC(=O)NC(CC(=O)OCc1csc(CC(=O)NCc2ccccc2)n1)c1cccs1. The van der Waals surface area contributed by atoms with Gasteiger partial charge in [-0.2, -0.15) is 0 Å². The van der Waals surface area contributed by atoms with Gasteiger partial charge in [0.25, 0.3) is 0 Å². The van der Waals surface area contributed by atoms with Gasteiger partial charge in [-0.05, 0) is 17.0 Å². The van der Waals surface area contributed by atoms with Crippen LogP contribution in [-0.4, -0.2) is 22.8 Å². The Morgan fingerprint density at radius 3 is 2.61 bits per heavy atom. The Balaban J connectivity index is 1.44. The van der Waals surface area contributed by atoms with E-state index < -0.39 is 12.0 Å². The zero-order valence-corrected chi connectivity index (χ0v) is 18.6. The van der Waals surface area contributed by atoms with E-state index in [2.05, 4.69) is 15.6 Å². The van der Waals surface area contributed by atoms with Crippen LogP contribution in [-0.2, 0) is 38.7 Å². The number of nitrogens with one attached hydrogen (secondary N) is 2. The number of rotatable bonds is 10. The number of thiophene rings is 1. The van der Waals surface area contributed by atoms with Gasteiger partial charge in [0.1, 0.15) is 11.6 Å². The standard InChI is InChI=1S/C22H23N3O4S2/c1-15(26)24-18(19-8-5-9-30-19)10-22(28)29-13-17-14-31-21(25-17)11-20(27)23-12-16-6-3-2-4-7-16/h2-9,14,18H,10-13H2,1H3,(H,23,27)(H,24,26). The maximum Gasteiger partial charge on any atom is 0.308 e. The number of aromatic nitrogens is 1. The van der Waals surface area contributed by atoms with Gasteiger partial charge in [0.05, 0.1) is 24.6 Å². The Morgan fingerprint density at radius 1 is 1.10 bits per heavy atom. The minimum Gasteiger partial charge on any atom is -0.459 e. The van der Waals surface area contributed by atoms with Crippen LogP contribution in [0.25, 0.3) is 0 Å². The first-order valence-corrected chi connectivity index (χ1v) is 11.5. The predicted octanol–water partition coefficient (Wildman–Crippen LogP) is 3.37. The lowest BCUT2D eigenvalue weighted by atomic mass is 10.1. The van der Waals surface area contributed by atoms with Crippen LogP contribution in [0.3, 0.4) is 0 Å². The molecule has 0 aliphatic heterocycles. The molecular weight excluding hydrogens is 434 g/mol. The van der Waals surface area contributed by atoms with Crippen molar-refractivity contribution in [3.63, 3.8) is 0 Å². The number of amides is 2. The maximum atomic E-state index is 12.3. The molecule has 0 bridgehead atoms. The van der Waals surface area contributed by atoms with Crippen LogP contribution in [0, 0.1) is 0 Å². The molecule has 0 aliphatic carbocycles. The molecule has 0 fully saturated rings. The van der Waals surface area contributed by atoms with E-state index in [4.69, 9.17) is 4.74 Å². The van der Waals surface area contributed by atoms with Crippen molar-refractivity contribution in [3.05, 3.63) is 74.4 Å². The fraction of sp³-hybridized carbons (Fsp3) is 0.273. The van der Waals surface area contributed by atoms with Crippen LogP contribution >= 0.6 is 22.7 Å². The number of esters is 1. The van der Waals surface area contributed by atoms with Crippen molar-refractivity contribution in [3.8, 4) is 0 Å². The fourth-order valence-corrected chi connectivity index (χ4v) is 4.39. The Morgan fingerprint density at radius 2 is 1.90 bits per heavy atom. The van der Waals surface area contributed by atoms with Crippen molar-refractivity contribution < 1.29 is 19.1 Å². The molecule has 3 rings (SSSR count). The van der Waals surface area contributed by atoms with E-state index in [0.29, 0.717) is 17.2 Å². The topological polar surface area (TPSA) is 97.4 Å². The molecule has 2 N–H and O–H groups in total. The summed E-state index contributed by atoms with van der Waals surface area (Å²) >= 11 is 2.82. The Hall–Kier alpha value is -3.04. The molecule has 2 aromatic heterocycles. The smallest absolute Gasteiger partial charge is 0.308 e. The van der Waals surface area contributed by atoms with E-state index in [-0.39, 0.29) is 31.3 Å². The monoisotopic (exact) mass is 457 g/mol. The van der Waals surface area contributed by atoms with Gasteiger partial charge in [-0.3, -0.25) is 14.4 Å². The van der Waals surface area contributed by atoms with Gasteiger partial charge in [-0.25, -0.2) is 4.98 Å². The normalized spacial score (nSPS) is 11.5. The van der Waals surface area contributed by atoms with Crippen molar-refractivity contribution >= 4 is 40.5 Å². The van der Waals surface area contributed by atoms with Crippen LogP contribution in [0.1, 0.15) is 40.5 Å². The third kappa shape index (κ3) is 7.62. The third-order valence-electron chi connectivity index (χ3n) is 4.26. The van der Waals surface area contributed by atoms with Gasteiger partial charge in [-0.1, -0.05) is 36.4 Å². The molecule has 0 radical (unpaired) electrons. The lowest BCUT2D eigenvalue weighted by Crippen LogP contribution is -2.28.